The van der Waals surface area contributed by atoms with E-state index in [2.05, 4.69) is 16.7 Å². The van der Waals surface area contributed by atoms with Gasteiger partial charge in [0.15, 0.2) is 5.76 Å². The van der Waals surface area contributed by atoms with Crippen molar-refractivity contribution < 1.29 is 13.9 Å². The molecule has 0 N–H and O–H groups in total. The fourth-order valence-electron chi connectivity index (χ4n) is 3.21. The van der Waals surface area contributed by atoms with Gasteiger partial charge >= 0.3 is 0 Å². The Morgan fingerprint density at radius 3 is 2.68 bits per heavy atom. The molecule has 0 bridgehead atoms. The minimum atomic E-state index is 0.00111. The highest BCUT2D eigenvalue weighted by Crippen LogP contribution is 2.23. The van der Waals surface area contributed by atoms with E-state index in [0.717, 1.165) is 32.2 Å². The van der Waals surface area contributed by atoms with Crippen molar-refractivity contribution in [3.63, 3.8) is 0 Å². The quantitative estimate of drug-likeness (QED) is 0.848. The summed E-state index contributed by atoms with van der Waals surface area (Å²) in [6, 6.07) is 4.28. The van der Waals surface area contributed by atoms with E-state index >= 15 is 0 Å². The van der Waals surface area contributed by atoms with Crippen LogP contribution in [-0.2, 0) is 11.3 Å². The van der Waals surface area contributed by atoms with Crippen LogP contribution < -0.4 is 0 Å². The maximum absolute atomic E-state index is 12.5. The van der Waals surface area contributed by atoms with Gasteiger partial charge in [-0.2, -0.15) is 11.8 Å². The Labute approximate surface area is 136 Å². The number of piperazine rings is 1. The first-order chi connectivity index (χ1) is 10.8. The van der Waals surface area contributed by atoms with Crippen LogP contribution in [0, 0.1) is 0 Å². The summed E-state index contributed by atoms with van der Waals surface area (Å²) in [7, 11) is 1.62. The average Bonchev–Trinajstić information content (AvgIpc) is 3.04. The van der Waals surface area contributed by atoms with Gasteiger partial charge in [-0.3, -0.25) is 9.69 Å². The van der Waals surface area contributed by atoms with Crippen molar-refractivity contribution in [2.45, 2.75) is 25.5 Å². The van der Waals surface area contributed by atoms with Gasteiger partial charge in [0, 0.05) is 39.3 Å². The molecule has 0 saturated carbocycles. The van der Waals surface area contributed by atoms with Gasteiger partial charge in [-0.15, -0.1) is 0 Å². The topological polar surface area (TPSA) is 45.9 Å². The molecule has 2 saturated heterocycles. The monoisotopic (exact) mass is 324 g/mol. The molecule has 1 aromatic rings. The molecular weight excluding hydrogens is 300 g/mol. The molecule has 0 aliphatic carbocycles. The number of furan rings is 1. The molecule has 3 rings (SSSR count). The third-order valence-electron chi connectivity index (χ3n) is 4.47. The van der Waals surface area contributed by atoms with Crippen LogP contribution >= 0.6 is 11.8 Å². The van der Waals surface area contributed by atoms with Crippen LogP contribution in [0.4, 0.5) is 0 Å². The van der Waals surface area contributed by atoms with Gasteiger partial charge in [0.1, 0.15) is 12.4 Å². The molecule has 0 radical (unpaired) electrons. The average molecular weight is 324 g/mol. The van der Waals surface area contributed by atoms with Gasteiger partial charge < -0.3 is 14.1 Å². The number of carbonyl (C=O) groups is 1. The standard InChI is InChI=1S/C16H24N2O3S/c1-20-12-14-2-3-15(21-14)16(19)18-8-6-17(7-9-18)13-4-10-22-11-5-13/h2-3,13H,4-12H2,1H3. The number of hydrogen-bond donors (Lipinski definition) is 0. The summed E-state index contributed by atoms with van der Waals surface area (Å²) in [6.07, 6.45) is 2.58. The zero-order chi connectivity index (χ0) is 15.4. The molecule has 122 valence electrons. The summed E-state index contributed by atoms with van der Waals surface area (Å²) >= 11 is 2.06. The van der Waals surface area contributed by atoms with E-state index in [9.17, 15) is 4.79 Å². The van der Waals surface area contributed by atoms with Gasteiger partial charge in [-0.1, -0.05) is 0 Å². The van der Waals surface area contributed by atoms with Crippen molar-refractivity contribution in [2.24, 2.45) is 0 Å². The lowest BCUT2D eigenvalue weighted by Gasteiger charge is -2.40. The normalized spacial score (nSPS) is 21.2. The van der Waals surface area contributed by atoms with Gasteiger partial charge in [-0.25, -0.2) is 0 Å². The smallest absolute Gasteiger partial charge is 0.289 e. The highest BCUT2D eigenvalue weighted by molar-refractivity contribution is 7.99. The summed E-state index contributed by atoms with van der Waals surface area (Å²) in [5.41, 5.74) is 0. The minimum absolute atomic E-state index is 0.00111. The molecule has 2 fully saturated rings. The Kier molecular flexibility index (Phi) is 5.44. The van der Waals surface area contributed by atoms with E-state index in [1.54, 1.807) is 13.2 Å². The molecule has 3 heterocycles. The third kappa shape index (κ3) is 3.67. The molecule has 6 heteroatoms. The van der Waals surface area contributed by atoms with E-state index in [0.29, 0.717) is 18.1 Å². The Bertz CT molecular complexity index is 491. The summed E-state index contributed by atoms with van der Waals surface area (Å²) in [5.74, 6) is 3.68. The Hall–Kier alpha value is -0.980. The van der Waals surface area contributed by atoms with E-state index in [4.69, 9.17) is 9.15 Å². The molecular formula is C16H24N2O3S. The summed E-state index contributed by atoms with van der Waals surface area (Å²) in [6.45, 7) is 3.95. The van der Waals surface area contributed by atoms with E-state index in [-0.39, 0.29) is 5.91 Å². The molecule has 0 aromatic carbocycles. The fourth-order valence-corrected chi connectivity index (χ4v) is 4.29. The van der Waals surface area contributed by atoms with Gasteiger partial charge in [0.05, 0.1) is 0 Å². The number of nitrogens with zero attached hydrogens (tertiary/aromatic N) is 2. The molecule has 5 nitrogen and oxygen atoms in total. The van der Waals surface area contributed by atoms with Crippen molar-refractivity contribution in [2.75, 3.05) is 44.8 Å². The first kappa shape index (κ1) is 15.9. The zero-order valence-electron chi connectivity index (χ0n) is 13.1. The lowest BCUT2D eigenvalue weighted by atomic mass is 10.1. The second-order valence-corrected chi connectivity index (χ2v) is 7.10. The van der Waals surface area contributed by atoms with Crippen molar-refractivity contribution in [3.8, 4) is 0 Å². The summed E-state index contributed by atoms with van der Waals surface area (Å²) < 4.78 is 10.6. The Balaban J connectivity index is 1.52. The van der Waals surface area contributed by atoms with E-state index in [1.165, 1.54) is 24.3 Å². The lowest BCUT2D eigenvalue weighted by Crippen LogP contribution is -2.52. The number of ether oxygens (including phenoxy) is 1. The van der Waals surface area contributed by atoms with Crippen LogP contribution in [-0.4, -0.2) is 66.5 Å². The number of hydrogen-bond acceptors (Lipinski definition) is 5. The Morgan fingerprint density at radius 1 is 1.27 bits per heavy atom. The van der Waals surface area contributed by atoms with Crippen LogP contribution in [0.25, 0.3) is 0 Å². The van der Waals surface area contributed by atoms with Crippen molar-refractivity contribution in [1.82, 2.24) is 9.80 Å². The number of carbonyl (C=O) groups excluding carboxylic acids is 1. The molecule has 0 atom stereocenters. The van der Waals surface area contributed by atoms with Crippen molar-refractivity contribution >= 4 is 17.7 Å². The predicted octanol–water partition coefficient (Wildman–Crippen LogP) is 2.08. The van der Waals surface area contributed by atoms with Crippen LogP contribution in [0.1, 0.15) is 29.2 Å². The van der Waals surface area contributed by atoms with E-state index in [1.807, 2.05) is 11.0 Å². The highest BCUT2D eigenvalue weighted by Gasteiger charge is 2.28. The zero-order valence-corrected chi connectivity index (χ0v) is 13.9. The van der Waals surface area contributed by atoms with Crippen LogP contribution in [0.2, 0.25) is 0 Å². The molecule has 1 amide bonds. The third-order valence-corrected chi connectivity index (χ3v) is 5.52. The summed E-state index contributed by atoms with van der Waals surface area (Å²) in [5, 5.41) is 0. The highest BCUT2D eigenvalue weighted by atomic mass is 32.2. The predicted molar refractivity (Wildman–Crippen MR) is 87.2 cm³/mol. The summed E-state index contributed by atoms with van der Waals surface area (Å²) in [4.78, 5) is 16.9. The maximum atomic E-state index is 12.5. The fraction of sp³-hybridized carbons (Fsp3) is 0.688. The van der Waals surface area contributed by atoms with Crippen LogP contribution in [0.5, 0.6) is 0 Å². The minimum Gasteiger partial charge on any atom is -0.453 e. The largest absolute Gasteiger partial charge is 0.453 e. The molecule has 2 aliphatic heterocycles. The number of methoxy groups -OCH3 is 1. The molecule has 0 unspecified atom stereocenters. The molecule has 2 aliphatic rings. The Morgan fingerprint density at radius 2 is 2.00 bits per heavy atom. The lowest BCUT2D eigenvalue weighted by molar-refractivity contribution is 0.0526. The number of amides is 1. The van der Waals surface area contributed by atoms with Gasteiger partial charge in [-0.05, 0) is 36.5 Å². The second-order valence-electron chi connectivity index (χ2n) is 5.87. The molecule has 22 heavy (non-hydrogen) atoms. The molecule has 0 spiro atoms. The van der Waals surface area contributed by atoms with Crippen LogP contribution in [0.3, 0.4) is 0 Å². The first-order valence-corrected chi connectivity index (χ1v) is 9.12. The maximum Gasteiger partial charge on any atom is 0.289 e. The van der Waals surface area contributed by atoms with Crippen molar-refractivity contribution in [1.29, 1.82) is 0 Å². The number of thioether (sulfide) groups is 1. The molecule has 1 aromatic heterocycles. The second kappa shape index (κ2) is 7.53. The first-order valence-electron chi connectivity index (χ1n) is 7.96. The van der Waals surface area contributed by atoms with Gasteiger partial charge in [0.25, 0.3) is 5.91 Å². The van der Waals surface area contributed by atoms with E-state index < -0.39 is 0 Å². The van der Waals surface area contributed by atoms with Crippen LogP contribution in [0.15, 0.2) is 16.5 Å². The van der Waals surface area contributed by atoms with Crippen molar-refractivity contribution in [3.05, 3.63) is 23.7 Å². The number of rotatable bonds is 4. The SMILES string of the molecule is COCc1ccc(C(=O)N2CCN(C3CCSCC3)CC2)o1. The van der Waals surface area contributed by atoms with Gasteiger partial charge in [0.2, 0.25) is 0 Å².